The average molecular weight is 232 g/mol. The van der Waals surface area contributed by atoms with Crippen molar-refractivity contribution in [3.05, 3.63) is 29.3 Å². The molecule has 2 rings (SSSR count). The second-order valence-electron chi connectivity index (χ2n) is 5.14. The lowest BCUT2D eigenvalue weighted by atomic mass is 9.81. The zero-order chi connectivity index (χ0) is 12.3. The van der Waals surface area contributed by atoms with Crippen LogP contribution in [0.25, 0.3) is 0 Å². The van der Waals surface area contributed by atoms with Gasteiger partial charge in [0, 0.05) is 18.3 Å². The Morgan fingerprint density at radius 2 is 1.76 bits per heavy atom. The van der Waals surface area contributed by atoms with E-state index in [1.165, 1.54) is 29.7 Å². The molecule has 0 heterocycles. The van der Waals surface area contributed by atoms with E-state index in [1.54, 1.807) is 0 Å². The molecule has 0 aliphatic heterocycles. The Labute approximate surface area is 105 Å². The molecule has 1 aliphatic rings. The van der Waals surface area contributed by atoms with Crippen molar-refractivity contribution in [2.75, 3.05) is 11.9 Å². The first-order valence-corrected chi connectivity index (χ1v) is 6.84. The van der Waals surface area contributed by atoms with Crippen LogP contribution in [-0.4, -0.2) is 12.6 Å². The molecule has 1 aromatic rings. The van der Waals surface area contributed by atoms with Crippen LogP contribution in [0.5, 0.6) is 0 Å². The molecule has 0 amide bonds. The molecule has 0 radical (unpaired) electrons. The molecule has 2 nitrogen and oxygen atoms in total. The Balaban J connectivity index is 2.02. The minimum Gasteiger partial charge on any atom is -0.384 e. The Kier molecular flexibility index (Phi) is 4.06. The van der Waals surface area contributed by atoms with Gasteiger partial charge in [0.1, 0.15) is 0 Å². The fourth-order valence-electron chi connectivity index (χ4n) is 2.67. The monoisotopic (exact) mass is 232 g/mol. The maximum atomic E-state index is 5.82. The number of hydrogen-bond donors (Lipinski definition) is 2. The molecule has 3 N–H and O–H groups in total. The van der Waals surface area contributed by atoms with E-state index in [4.69, 9.17) is 5.73 Å². The van der Waals surface area contributed by atoms with Gasteiger partial charge in [-0.3, -0.25) is 0 Å². The Morgan fingerprint density at radius 3 is 2.24 bits per heavy atom. The third-order valence-corrected chi connectivity index (χ3v) is 3.84. The van der Waals surface area contributed by atoms with Gasteiger partial charge in [0.2, 0.25) is 0 Å². The molecule has 0 atom stereocenters. The van der Waals surface area contributed by atoms with E-state index < -0.39 is 0 Å². The number of anilines is 1. The van der Waals surface area contributed by atoms with Crippen LogP contribution in [0.15, 0.2) is 18.2 Å². The second-order valence-corrected chi connectivity index (χ2v) is 5.14. The van der Waals surface area contributed by atoms with Gasteiger partial charge in [-0.05, 0) is 42.7 Å². The SMILES string of the molecule is CCc1cccc(CC)c1NCC1CC(N)C1. The van der Waals surface area contributed by atoms with Gasteiger partial charge >= 0.3 is 0 Å². The summed E-state index contributed by atoms with van der Waals surface area (Å²) < 4.78 is 0. The molecular formula is C15H24N2. The van der Waals surface area contributed by atoms with Gasteiger partial charge in [-0.15, -0.1) is 0 Å². The van der Waals surface area contributed by atoms with Crippen LogP contribution < -0.4 is 11.1 Å². The third kappa shape index (κ3) is 2.81. The summed E-state index contributed by atoms with van der Waals surface area (Å²) in [7, 11) is 0. The predicted octanol–water partition coefficient (Wildman–Crippen LogP) is 2.96. The molecule has 1 aromatic carbocycles. The van der Waals surface area contributed by atoms with Crippen molar-refractivity contribution in [2.24, 2.45) is 11.7 Å². The number of benzene rings is 1. The van der Waals surface area contributed by atoms with Gasteiger partial charge in [0.25, 0.3) is 0 Å². The lowest BCUT2D eigenvalue weighted by Crippen LogP contribution is -2.39. The van der Waals surface area contributed by atoms with Crippen LogP contribution in [0, 0.1) is 5.92 Å². The number of hydrogen-bond acceptors (Lipinski definition) is 2. The lowest BCUT2D eigenvalue weighted by Gasteiger charge is -2.33. The van der Waals surface area contributed by atoms with Crippen LogP contribution >= 0.6 is 0 Å². The van der Waals surface area contributed by atoms with Gasteiger partial charge in [0.05, 0.1) is 0 Å². The van der Waals surface area contributed by atoms with Gasteiger partial charge in [0.15, 0.2) is 0 Å². The quantitative estimate of drug-likeness (QED) is 0.819. The first-order chi connectivity index (χ1) is 8.24. The van der Waals surface area contributed by atoms with Crippen molar-refractivity contribution in [3.8, 4) is 0 Å². The fourth-order valence-corrected chi connectivity index (χ4v) is 2.67. The molecule has 0 aromatic heterocycles. The molecule has 0 spiro atoms. The highest BCUT2D eigenvalue weighted by molar-refractivity contribution is 5.58. The molecule has 2 heteroatoms. The number of rotatable bonds is 5. The van der Waals surface area contributed by atoms with Crippen LogP contribution in [0.1, 0.15) is 37.8 Å². The van der Waals surface area contributed by atoms with Crippen LogP contribution in [0.3, 0.4) is 0 Å². The summed E-state index contributed by atoms with van der Waals surface area (Å²) in [6.45, 7) is 5.52. The summed E-state index contributed by atoms with van der Waals surface area (Å²) in [6, 6.07) is 7.08. The van der Waals surface area contributed by atoms with E-state index in [-0.39, 0.29) is 0 Å². The highest BCUT2D eigenvalue weighted by Gasteiger charge is 2.25. The normalized spacial score (nSPS) is 23.2. The first kappa shape index (κ1) is 12.4. The first-order valence-electron chi connectivity index (χ1n) is 6.84. The Hall–Kier alpha value is -1.02. The van der Waals surface area contributed by atoms with Crippen LogP contribution in [-0.2, 0) is 12.8 Å². The van der Waals surface area contributed by atoms with Crippen molar-refractivity contribution >= 4 is 5.69 Å². The zero-order valence-electron chi connectivity index (χ0n) is 11.0. The third-order valence-electron chi connectivity index (χ3n) is 3.84. The number of aryl methyl sites for hydroxylation is 2. The average Bonchev–Trinajstić information content (AvgIpc) is 2.32. The van der Waals surface area contributed by atoms with E-state index in [9.17, 15) is 0 Å². The summed E-state index contributed by atoms with van der Waals surface area (Å²) in [5, 5.41) is 3.65. The second kappa shape index (κ2) is 5.54. The summed E-state index contributed by atoms with van der Waals surface area (Å²) >= 11 is 0. The highest BCUT2D eigenvalue weighted by atomic mass is 14.9. The molecule has 0 unspecified atom stereocenters. The lowest BCUT2D eigenvalue weighted by molar-refractivity contribution is 0.280. The predicted molar refractivity (Wildman–Crippen MR) is 74.4 cm³/mol. The Bertz CT molecular complexity index is 345. The van der Waals surface area contributed by atoms with E-state index in [1.807, 2.05) is 0 Å². The molecule has 1 aliphatic carbocycles. The maximum absolute atomic E-state index is 5.82. The largest absolute Gasteiger partial charge is 0.384 e. The van der Waals surface area contributed by atoms with Crippen LogP contribution in [0.4, 0.5) is 5.69 Å². The van der Waals surface area contributed by atoms with Gasteiger partial charge in [-0.25, -0.2) is 0 Å². The van der Waals surface area contributed by atoms with Crippen molar-refractivity contribution in [3.63, 3.8) is 0 Å². The minimum atomic E-state index is 0.453. The number of nitrogens with one attached hydrogen (secondary N) is 1. The molecular weight excluding hydrogens is 208 g/mol. The minimum absolute atomic E-state index is 0.453. The smallest absolute Gasteiger partial charge is 0.0405 e. The highest BCUT2D eigenvalue weighted by Crippen LogP contribution is 2.28. The molecule has 1 saturated carbocycles. The van der Waals surface area contributed by atoms with Crippen molar-refractivity contribution in [1.82, 2.24) is 0 Å². The molecule has 94 valence electrons. The Morgan fingerprint density at radius 1 is 1.18 bits per heavy atom. The van der Waals surface area contributed by atoms with Gasteiger partial charge in [-0.2, -0.15) is 0 Å². The number of para-hydroxylation sites is 1. The van der Waals surface area contributed by atoms with Crippen molar-refractivity contribution in [1.29, 1.82) is 0 Å². The van der Waals surface area contributed by atoms with Gasteiger partial charge < -0.3 is 11.1 Å². The zero-order valence-corrected chi connectivity index (χ0v) is 11.0. The van der Waals surface area contributed by atoms with E-state index in [2.05, 4.69) is 37.4 Å². The summed E-state index contributed by atoms with van der Waals surface area (Å²) in [5.41, 5.74) is 10.1. The fraction of sp³-hybridized carbons (Fsp3) is 0.600. The van der Waals surface area contributed by atoms with E-state index in [0.717, 1.165) is 25.3 Å². The summed E-state index contributed by atoms with van der Waals surface area (Å²) in [6.07, 6.45) is 4.56. The molecule has 0 bridgehead atoms. The molecule has 0 saturated heterocycles. The molecule has 17 heavy (non-hydrogen) atoms. The van der Waals surface area contributed by atoms with Crippen LogP contribution in [0.2, 0.25) is 0 Å². The van der Waals surface area contributed by atoms with Crippen molar-refractivity contribution < 1.29 is 0 Å². The van der Waals surface area contributed by atoms with Gasteiger partial charge in [-0.1, -0.05) is 32.0 Å². The topological polar surface area (TPSA) is 38.0 Å². The number of nitrogens with two attached hydrogens (primary N) is 1. The summed E-state index contributed by atoms with van der Waals surface area (Å²) in [4.78, 5) is 0. The maximum Gasteiger partial charge on any atom is 0.0405 e. The van der Waals surface area contributed by atoms with E-state index >= 15 is 0 Å². The standard InChI is InChI=1S/C15H24N2/c1-3-12-6-5-7-13(4-2)15(12)17-10-11-8-14(16)9-11/h5-7,11,14,17H,3-4,8-10,16H2,1-2H3. The molecule has 1 fully saturated rings. The van der Waals surface area contributed by atoms with Crippen molar-refractivity contribution in [2.45, 2.75) is 45.6 Å². The van der Waals surface area contributed by atoms with E-state index in [0.29, 0.717) is 6.04 Å². The summed E-state index contributed by atoms with van der Waals surface area (Å²) in [5.74, 6) is 0.777.